The molecule has 0 unspecified atom stereocenters. The van der Waals surface area contributed by atoms with Gasteiger partial charge in [0.1, 0.15) is 6.04 Å². The standard InChI is InChI=1S/C9H16N4O2/c1-3-13-6-7(11-12-10)5-8(13)9(14)15-4-2/h7-8H,3-6H2,1-2H3/t7-,8+/m1/s1. The van der Waals surface area contributed by atoms with Crippen LogP contribution < -0.4 is 0 Å². The van der Waals surface area contributed by atoms with Crippen LogP contribution in [0.4, 0.5) is 0 Å². The molecule has 1 heterocycles. The number of ether oxygens (including phenoxy) is 1. The minimum absolute atomic E-state index is 0.107. The summed E-state index contributed by atoms with van der Waals surface area (Å²) in [5.74, 6) is -0.213. The highest BCUT2D eigenvalue weighted by Gasteiger charge is 2.36. The van der Waals surface area contributed by atoms with Gasteiger partial charge in [-0.1, -0.05) is 12.0 Å². The summed E-state index contributed by atoms with van der Waals surface area (Å²) < 4.78 is 4.97. The van der Waals surface area contributed by atoms with Gasteiger partial charge in [-0.2, -0.15) is 0 Å². The van der Waals surface area contributed by atoms with Gasteiger partial charge in [0.05, 0.1) is 12.6 Å². The molecule has 0 bridgehead atoms. The fourth-order valence-corrected chi connectivity index (χ4v) is 1.87. The maximum atomic E-state index is 11.6. The Labute approximate surface area is 88.8 Å². The van der Waals surface area contributed by atoms with E-state index in [1.165, 1.54) is 0 Å². The number of carbonyl (C=O) groups is 1. The van der Waals surface area contributed by atoms with E-state index in [1.54, 1.807) is 6.92 Å². The van der Waals surface area contributed by atoms with Gasteiger partial charge < -0.3 is 4.74 Å². The van der Waals surface area contributed by atoms with Gasteiger partial charge in [-0.3, -0.25) is 9.69 Å². The van der Waals surface area contributed by atoms with Crippen LogP contribution in [-0.4, -0.2) is 42.6 Å². The number of nitrogens with zero attached hydrogens (tertiary/aromatic N) is 4. The van der Waals surface area contributed by atoms with E-state index in [1.807, 2.05) is 11.8 Å². The predicted octanol–water partition coefficient (Wildman–Crippen LogP) is 1.32. The van der Waals surface area contributed by atoms with Crippen molar-refractivity contribution in [3.63, 3.8) is 0 Å². The molecular weight excluding hydrogens is 196 g/mol. The second-order valence-corrected chi connectivity index (χ2v) is 3.45. The molecule has 1 fully saturated rings. The van der Waals surface area contributed by atoms with E-state index in [0.717, 1.165) is 6.54 Å². The summed E-state index contributed by atoms with van der Waals surface area (Å²) in [4.78, 5) is 16.3. The lowest BCUT2D eigenvalue weighted by Gasteiger charge is -2.20. The molecule has 0 aliphatic carbocycles. The molecule has 0 aromatic carbocycles. The molecule has 1 aliphatic rings. The van der Waals surface area contributed by atoms with E-state index >= 15 is 0 Å². The lowest BCUT2D eigenvalue weighted by molar-refractivity contribution is -0.148. The van der Waals surface area contributed by atoms with E-state index in [0.29, 0.717) is 19.6 Å². The van der Waals surface area contributed by atoms with Crippen LogP contribution in [0.3, 0.4) is 0 Å². The van der Waals surface area contributed by atoms with Crippen molar-refractivity contribution in [2.75, 3.05) is 19.7 Å². The van der Waals surface area contributed by atoms with Crippen LogP contribution in [0, 0.1) is 0 Å². The second-order valence-electron chi connectivity index (χ2n) is 3.45. The van der Waals surface area contributed by atoms with Crippen molar-refractivity contribution < 1.29 is 9.53 Å². The highest BCUT2D eigenvalue weighted by Crippen LogP contribution is 2.21. The minimum atomic E-state index is -0.245. The smallest absolute Gasteiger partial charge is 0.323 e. The second kappa shape index (κ2) is 5.58. The first-order valence-corrected chi connectivity index (χ1v) is 5.17. The van der Waals surface area contributed by atoms with Crippen LogP contribution >= 0.6 is 0 Å². The summed E-state index contributed by atoms with van der Waals surface area (Å²) in [7, 11) is 0. The number of rotatable bonds is 4. The lowest BCUT2D eigenvalue weighted by Crippen LogP contribution is -2.37. The molecule has 0 spiro atoms. The zero-order chi connectivity index (χ0) is 11.3. The van der Waals surface area contributed by atoms with E-state index in [-0.39, 0.29) is 18.1 Å². The van der Waals surface area contributed by atoms with Crippen molar-refractivity contribution in [3.8, 4) is 0 Å². The normalized spacial score (nSPS) is 26.0. The Balaban J connectivity index is 2.63. The molecule has 0 radical (unpaired) electrons. The number of hydrogen-bond donors (Lipinski definition) is 0. The number of likely N-dealkylation sites (tertiary alicyclic amines) is 1. The summed E-state index contributed by atoms with van der Waals surface area (Å²) in [5, 5.41) is 3.65. The average molecular weight is 212 g/mol. The molecular formula is C9H16N4O2. The Hall–Kier alpha value is -1.26. The predicted molar refractivity (Wildman–Crippen MR) is 55.2 cm³/mol. The molecule has 6 nitrogen and oxygen atoms in total. The van der Waals surface area contributed by atoms with Crippen LogP contribution in [0.15, 0.2) is 5.11 Å². The van der Waals surface area contributed by atoms with Crippen LogP contribution in [0.2, 0.25) is 0 Å². The van der Waals surface area contributed by atoms with Crippen molar-refractivity contribution in [1.29, 1.82) is 0 Å². The van der Waals surface area contributed by atoms with Crippen molar-refractivity contribution in [2.24, 2.45) is 5.11 Å². The van der Waals surface area contributed by atoms with Gasteiger partial charge in [-0.25, -0.2) is 0 Å². The van der Waals surface area contributed by atoms with Crippen molar-refractivity contribution in [3.05, 3.63) is 10.4 Å². The average Bonchev–Trinajstić information content (AvgIpc) is 2.62. The molecule has 0 saturated carbocycles. The first-order valence-electron chi connectivity index (χ1n) is 5.17. The summed E-state index contributed by atoms with van der Waals surface area (Å²) in [5.41, 5.74) is 8.34. The number of carbonyl (C=O) groups excluding carboxylic acids is 1. The van der Waals surface area contributed by atoms with Crippen molar-refractivity contribution in [2.45, 2.75) is 32.4 Å². The van der Waals surface area contributed by atoms with Crippen molar-refractivity contribution >= 4 is 5.97 Å². The molecule has 1 aliphatic heterocycles. The lowest BCUT2D eigenvalue weighted by atomic mass is 10.2. The van der Waals surface area contributed by atoms with Gasteiger partial charge in [0, 0.05) is 11.5 Å². The van der Waals surface area contributed by atoms with Crippen LogP contribution in [0.1, 0.15) is 20.3 Å². The van der Waals surface area contributed by atoms with E-state index in [4.69, 9.17) is 10.3 Å². The fourth-order valence-electron chi connectivity index (χ4n) is 1.87. The molecule has 6 heteroatoms. The Morgan fingerprint density at radius 2 is 2.40 bits per heavy atom. The molecule has 0 aromatic heterocycles. The molecule has 0 aromatic rings. The van der Waals surface area contributed by atoms with E-state index in [9.17, 15) is 4.79 Å². The third-order valence-corrected chi connectivity index (χ3v) is 2.56. The van der Waals surface area contributed by atoms with Gasteiger partial charge in [-0.15, -0.1) is 0 Å². The topological polar surface area (TPSA) is 78.3 Å². The third-order valence-electron chi connectivity index (χ3n) is 2.56. The van der Waals surface area contributed by atoms with Gasteiger partial charge in [0.25, 0.3) is 0 Å². The molecule has 1 saturated heterocycles. The van der Waals surface area contributed by atoms with Crippen LogP contribution in [0.25, 0.3) is 10.4 Å². The van der Waals surface area contributed by atoms with Gasteiger partial charge >= 0.3 is 5.97 Å². The highest BCUT2D eigenvalue weighted by atomic mass is 16.5. The minimum Gasteiger partial charge on any atom is -0.465 e. The van der Waals surface area contributed by atoms with Crippen LogP contribution in [0.5, 0.6) is 0 Å². The van der Waals surface area contributed by atoms with E-state index < -0.39 is 0 Å². The molecule has 84 valence electrons. The Morgan fingerprint density at radius 1 is 1.67 bits per heavy atom. The summed E-state index contributed by atoms with van der Waals surface area (Å²) >= 11 is 0. The zero-order valence-electron chi connectivity index (χ0n) is 9.09. The first-order chi connectivity index (χ1) is 7.22. The SMILES string of the molecule is CCOC(=O)[C@@H]1C[C@@H](N=[N+]=[N-])CN1CC. The monoisotopic (exact) mass is 212 g/mol. The van der Waals surface area contributed by atoms with E-state index in [2.05, 4.69) is 10.0 Å². The number of hydrogen-bond acceptors (Lipinski definition) is 4. The summed E-state index contributed by atoms with van der Waals surface area (Å²) in [6.07, 6.45) is 0.566. The molecule has 15 heavy (non-hydrogen) atoms. The molecule has 2 atom stereocenters. The number of esters is 1. The Morgan fingerprint density at radius 3 is 2.93 bits per heavy atom. The Bertz CT molecular complexity index is 275. The van der Waals surface area contributed by atoms with Gasteiger partial charge in [0.2, 0.25) is 0 Å². The maximum Gasteiger partial charge on any atom is 0.323 e. The highest BCUT2D eigenvalue weighted by molar-refractivity contribution is 5.76. The number of likely N-dealkylation sites (N-methyl/N-ethyl adjacent to an activating group) is 1. The molecule has 0 N–H and O–H groups in total. The number of azide groups is 1. The van der Waals surface area contributed by atoms with Crippen LogP contribution in [-0.2, 0) is 9.53 Å². The zero-order valence-corrected chi connectivity index (χ0v) is 9.09. The summed E-state index contributed by atoms with van der Waals surface area (Å²) in [6, 6.07) is -0.352. The first kappa shape index (κ1) is 11.8. The Kier molecular flexibility index (Phi) is 4.39. The quantitative estimate of drug-likeness (QED) is 0.305. The summed E-state index contributed by atoms with van der Waals surface area (Å²) in [6.45, 7) is 5.56. The molecule has 1 rings (SSSR count). The fraction of sp³-hybridized carbons (Fsp3) is 0.889. The van der Waals surface area contributed by atoms with Gasteiger partial charge in [0.15, 0.2) is 0 Å². The third kappa shape index (κ3) is 2.84. The maximum absolute atomic E-state index is 11.6. The van der Waals surface area contributed by atoms with Gasteiger partial charge in [-0.05, 0) is 25.4 Å². The largest absolute Gasteiger partial charge is 0.465 e. The van der Waals surface area contributed by atoms with Crippen molar-refractivity contribution in [1.82, 2.24) is 4.90 Å². The molecule has 0 amide bonds.